The van der Waals surface area contributed by atoms with Gasteiger partial charge in [-0.1, -0.05) is 6.07 Å². The van der Waals surface area contributed by atoms with Gasteiger partial charge in [-0.3, -0.25) is 9.89 Å². The molecular weight excluding hydrogens is 399 g/mol. The Balaban J connectivity index is 1.52. The summed E-state index contributed by atoms with van der Waals surface area (Å²) in [6.07, 6.45) is -1.34. The molecule has 0 spiro atoms. The first-order valence-electron chi connectivity index (χ1n) is 8.87. The van der Waals surface area contributed by atoms with E-state index in [1.54, 1.807) is 18.2 Å². The first kappa shape index (κ1) is 18.1. The van der Waals surface area contributed by atoms with E-state index in [-0.39, 0.29) is 18.3 Å². The number of aromatic amines is 1. The van der Waals surface area contributed by atoms with Crippen LogP contribution < -0.4 is 4.90 Å². The molecule has 0 radical (unpaired) electrons. The number of rotatable bonds is 4. The lowest BCUT2D eigenvalue weighted by Gasteiger charge is -2.19. The summed E-state index contributed by atoms with van der Waals surface area (Å²) in [6, 6.07) is 10.7. The molecule has 1 aliphatic heterocycles. The van der Waals surface area contributed by atoms with Crippen LogP contribution in [-0.4, -0.2) is 26.3 Å². The molecule has 2 aromatic carbocycles. The molecule has 1 aliphatic rings. The van der Waals surface area contributed by atoms with Crippen molar-refractivity contribution in [1.29, 1.82) is 0 Å². The summed E-state index contributed by atoms with van der Waals surface area (Å²) < 4.78 is 44.3. The smallest absolute Gasteiger partial charge is 0.314 e. The third-order valence-electron chi connectivity index (χ3n) is 4.83. The normalized spacial score (nSPS) is 13.3. The van der Waals surface area contributed by atoms with Crippen LogP contribution in [0.25, 0.3) is 22.7 Å². The first-order valence-corrected chi connectivity index (χ1v) is 8.87. The number of carbonyl (C=O) groups is 1. The molecule has 150 valence electrons. The van der Waals surface area contributed by atoms with E-state index in [0.29, 0.717) is 28.1 Å². The van der Waals surface area contributed by atoms with Crippen molar-refractivity contribution < 1.29 is 22.4 Å². The molecule has 1 N–H and O–H groups in total. The monoisotopic (exact) mass is 411 g/mol. The maximum absolute atomic E-state index is 13.9. The molecule has 0 unspecified atom stereocenters. The number of H-pyrrole nitrogens is 1. The van der Waals surface area contributed by atoms with Gasteiger partial charge in [0.15, 0.2) is 0 Å². The van der Waals surface area contributed by atoms with Gasteiger partial charge in [-0.15, -0.1) is 10.2 Å². The molecule has 1 amide bonds. The Morgan fingerprint density at radius 2 is 1.93 bits per heavy atom. The van der Waals surface area contributed by atoms with Gasteiger partial charge in [-0.2, -0.15) is 13.9 Å². The summed E-state index contributed by atoms with van der Waals surface area (Å²) in [5.41, 5.74) is 3.05. The van der Waals surface area contributed by atoms with Crippen LogP contribution in [0.1, 0.15) is 28.2 Å². The fourth-order valence-electron chi connectivity index (χ4n) is 3.43. The second kappa shape index (κ2) is 6.83. The number of amides is 1. The number of halogens is 3. The molecule has 0 aliphatic carbocycles. The minimum absolute atomic E-state index is 0.0979. The summed E-state index contributed by atoms with van der Waals surface area (Å²) in [6.45, 7) is 0.271. The molecule has 30 heavy (non-hydrogen) atoms. The molecule has 0 saturated heterocycles. The molecule has 0 fully saturated rings. The van der Waals surface area contributed by atoms with E-state index in [9.17, 15) is 18.0 Å². The number of alkyl halides is 2. The van der Waals surface area contributed by atoms with Crippen molar-refractivity contribution in [3.05, 3.63) is 71.5 Å². The SMILES string of the molecule is O=C1c2cc(-c3nnc(C(F)F)o3)ccc2CN1c1ccc(F)cc1-c1ccn[nH]1. The lowest BCUT2D eigenvalue weighted by Crippen LogP contribution is -2.23. The predicted molar refractivity (Wildman–Crippen MR) is 99.2 cm³/mol. The lowest BCUT2D eigenvalue weighted by atomic mass is 10.1. The average Bonchev–Trinajstić information content (AvgIpc) is 3.48. The largest absolute Gasteiger partial charge is 0.415 e. The molecule has 0 bridgehead atoms. The van der Waals surface area contributed by atoms with Crippen LogP contribution >= 0.6 is 0 Å². The second-order valence-electron chi connectivity index (χ2n) is 6.64. The fourth-order valence-corrected chi connectivity index (χ4v) is 3.43. The maximum Gasteiger partial charge on any atom is 0.314 e. The highest BCUT2D eigenvalue weighted by Gasteiger charge is 2.31. The van der Waals surface area contributed by atoms with Crippen LogP contribution in [0, 0.1) is 5.82 Å². The summed E-state index contributed by atoms with van der Waals surface area (Å²) in [7, 11) is 0. The third-order valence-corrected chi connectivity index (χ3v) is 4.83. The summed E-state index contributed by atoms with van der Waals surface area (Å²) in [4.78, 5) is 14.6. The Bertz CT molecular complexity index is 1250. The summed E-state index contributed by atoms with van der Waals surface area (Å²) >= 11 is 0. The summed E-state index contributed by atoms with van der Waals surface area (Å²) in [5.74, 6) is -1.64. The number of nitrogens with one attached hydrogen (secondary N) is 1. The van der Waals surface area contributed by atoms with Crippen LogP contribution in [0.5, 0.6) is 0 Å². The number of fused-ring (bicyclic) bond motifs is 1. The number of carbonyl (C=O) groups excluding carboxylic acids is 1. The van der Waals surface area contributed by atoms with E-state index >= 15 is 0 Å². The van der Waals surface area contributed by atoms with Gasteiger partial charge in [0.1, 0.15) is 5.82 Å². The van der Waals surface area contributed by atoms with Crippen LogP contribution in [0.3, 0.4) is 0 Å². The van der Waals surface area contributed by atoms with Crippen LogP contribution in [0.4, 0.5) is 18.9 Å². The zero-order valence-electron chi connectivity index (χ0n) is 15.1. The summed E-state index contributed by atoms with van der Waals surface area (Å²) in [5, 5.41) is 13.6. The van der Waals surface area contributed by atoms with Crippen molar-refractivity contribution in [1.82, 2.24) is 20.4 Å². The van der Waals surface area contributed by atoms with Crippen molar-refractivity contribution in [3.63, 3.8) is 0 Å². The van der Waals surface area contributed by atoms with Gasteiger partial charge in [-0.25, -0.2) is 4.39 Å². The van der Waals surface area contributed by atoms with Gasteiger partial charge in [0.05, 0.1) is 17.9 Å². The van der Waals surface area contributed by atoms with Crippen LogP contribution in [0.15, 0.2) is 53.1 Å². The number of hydrogen-bond acceptors (Lipinski definition) is 5. The predicted octanol–water partition coefficient (Wildman–Crippen LogP) is 4.36. The standard InChI is InChI=1S/C20H12F3N5O2/c21-12-3-4-16(14(8-12)15-5-6-24-25-15)28-9-11-2-1-10(7-13(11)20(28)29)18-26-27-19(30-18)17(22)23/h1-8,17H,9H2,(H,24,25). The molecule has 10 heteroatoms. The van der Waals surface area contributed by atoms with Gasteiger partial charge < -0.3 is 9.32 Å². The molecule has 0 saturated carbocycles. The Kier molecular flexibility index (Phi) is 4.12. The quantitative estimate of drug-likeness (QED) is 0.539. The van der Waals surface area contributed by atoms with Crippen molar-refractivity contribution in [2.75, 3.05) is 4.90 Å². The Morgan fingerprint density at radius 1 is 1.07 bits per heavy atom. The van der Waals surface area contributed by atoms with Gasteiger partial charge in [0.2, 0.25) is 5.89 Å². The van der Waals surface area contributed by atoms with Gasteiger partial charge >= 0.3 is 6.43 Å². The highest BCUT2D eigenvalue weighted by molar-refractivity contribution is 6.12. The van der Waals surface area contributed by atoms with E-state index in [4.69, 9.17) is 4.42 Å². The van der Waals surface area contributed by atoms with Crippen LogP contribution in [0.2, 0.25) is 0 Å². The number of aromatic nitrogens is 4. The number of nitrogens with zero attached hydrogens (tertiary/aromatic N) is 4. The highest BCUT2D eigenvalue weighted by Crippen LogP contribution is 2.37. The van der Waals surface area contributed by atoms with Gasteiger partial charge in [0.25, 0.3) is 11.8 Å². The van der Waals surface area contributed by atoms with E-state index < -0.39 is 18.1 Å². The number of anilines is 1. The van der Waals surface area contributed by atoms with Crippen molar-refractivity contribution in [2.45, 2.75) is 13.0 Å². The Morgan fingerprint density at radius 3 is 2.67 bits per heavy atom. The zero-order valence-corrected chi connectivity index (χ0v) is 15.1. The molecule has 2 aromatic heterocycles. The number of benzene rings is 2. The first-order chi connectivity index (χ1) is 14.5. The van der Waals surface area contributed by atoms with Gasteiger partial charge in [-0.05, 0) is 42.0 Å². The number of hydrogen-bond donors (Lipinski definition) is 1. The van der Waals surface area contributed by atoms with Crippen LogP contribution in [-0.2, 0) is 6.54 Å². The molecule has 4 aromatic rings. The molecule has 7 nitrogen and oxygen atoms in total. The van der Waals surface area contributed by atoms with E-state index in [1.807, 2.05) is 0 Å². The third kappa shape index (κ3) is 2.93. The van der Waals surface area contributed by atoms with E-state index in [2.05, 4.69) is 20.4 Å². The Labute approximate surface area is 167 Å². The minimum Gasteiger partial charge on any atom is -0.415 e. The molecule has 5 rings (SSSR count). The molecule has 3 heterocycles. The van der Waals surface area contributed by atoms with E-state index in [1.165, 1.54) is 35.4 Å². The zero-order chi connectivity index (χ0) is 20.8. The van der Waals surface area contributed by atoms with E-state index in [0.717, 1.165) is 5.56 Å². The van der Waals surface area contributed by atoms with Gasteiger partial charge in [0, 0.05) is 22.9 Å². The maximum atomic E-state index is 13.9. The average molecular weight is 411 g/mol. The van der Waals surface area contributed by atoms with Crippen molar-refractivity contribution in [2.24, 2.45) is 0 Å². The lowest BCUT2D eigenvalue weighted by molar-refractivity contribution is 0.0996. The highest BCUT2D eigenvalue weighted by atomic mass is 19.3. The topological polar surface area (TPSA) is 87.9 Å². The van der Waals surface area contributed by atoms with Crippen molar-refractivity contribution >= 4 is 11.6 Å². The fraction of sp³-hybridized carbons (Fsp3) is 0.100. The minimum atomic E-state index is -2.88. The molecule has 0 atom stereocenters. The second-order valence-corrected chi connectivity index (χ2v) is 6.64. The Hall–Kier alpha value is -3.95. The van der Waals surface area contributed by atoms with Crippen molar-refractivity contribution in [3.8, 4) is 22.7 Å². The molecular formula is C20H12F3N5O2.